The molecule has 17 nitrogen and oxygen atoms in total. The van der Waals surface area contributed by atoms with E-state index in [1.807, 2.05) is 0 Å². The number of phosphoric acid groups is 2. The van der Waals surface area contributed by atoms with Gasteiger partial charge in [0.1, 0.15) is 19.3 Å². The van der Waals surface area contributed by atoms with E-state index in [2.05, 4.69) is 125 Å². The molecule has 5 atom stereocenters. The molecular formula is C83H146O17P2. The number of ether oxygens (including phenoxy) is 4. The molecule has 5 unspecified atom stereocenters. The first-order valence-corrected chi connectivity index (χ1v) is 43.5. The number of aliphatic hydroxyl groups excluding tert-OH is 1. The topological polar surface area (TPSA) is 237 Å². The standard InChI is InChI=1S/C83H146O17P2/c1-5-9-13-17-21-25-29-33-35-37-38-40-42-46-48-52-56-60-64-68-81(86)94-74-79(100-83(88)70-66-62-58-54-50-44-32-28-24-20-16-12-8-4)76-98-102(91,92)96-72-77(84)71-95-101(89,90)97-75-78(99-82(87)69-65-61-57-53-49-43-31-27-23-19-15-11-7-3)73-93-80(85)67-63-59-55-51-47-45-41-39-36-34-30-26-22-18-14-10-6-2/h9-10,13-14,21-22,25-26,33-36,38,40,46,48,77-79,84H,5-8,11-12,15-20,23-24,27-32,37,39,41-45,47,49-76H2,1-4H3,(H,89,90)(H,91,92)/b13-9-,14-10-,25-21-,26-22-,35-33-,36-34-,40-38-,48-46-. The van der Waals surface area contributed by atoms with E-state index in [0.717, 1.165) is 167 Å². The molecule has 0 spiro atoms. The summed E-state index contributed by atoms with van der Waals surface area (Å²) in [5.74, 6) is -2.20. The normalized spacial score (nSPS) is 14.4. The lowest BCUT2D eigenvalue weighted by Gasteiger charge is -2.21. The Balaban J connectivity index is 5.34. The molecule has 0 heterocycles. The summed E-state index contributed by atoms with van der Waals surface area (Å²) in [4.78, 5) is 73.0. The third-order valence-corrected chi connectivity index (χ3v) is 19.0. The second-order valence-electron chi connectivity index (χ2n) is 27.0. The minimum atomic E-state index is -4.98. The Hall–Kier alpha value is -4.02. The molecule has 0 fully saturated rings. The number of esters is 4. The second kappa shape index (κ2) is 75.2. The monoisotopic (exact) mass is 1480 g/mol. The Morgan fingerprint density at radius 2 is 0.510 bits per heavy atom. The molecule has 102 heavy (non-hydrogen) atoms. The van der Waals surface area contributed by atoms with Crippen molar-refractivity contribution in [1.82, 2.24) is 0 Å². The van der Waals surface area contributed by atoms with Crippen molar-refractivity contribution in [3.05, 3.63) is 97.2 Å². The van der Waals surface area contributed by atoms with Gasteiger partial charge < -0.3 is 33.8 Å². The van der Waals surface area contributed by atoms with Crippen LogP contribution >= 0.6 is 15.6 Å². The highest BCUT2D eigenvalue weighted by Crippen LogP contribution is 2.45. The molecule has 0 amide bonds. The molecule has 0 bridgehead atoms. The number of hydrogen-bond acceptors (Lipinski definition) is 15. The molecule has 590 valence electrons. The summed E-state index contributed by atoms with van der Waals surface area (Å²) < 4.78 is 68.6. The highest BCUT2D eigenvalue weighted by atomic mass is 31.2. The van der Waals surface area contributed by atoms with Crippen LogP contribution in [0.4, 0.5) is 0 Å². The number of rotatable bonds is 76. The van der Waals surface area contributed by atoms with Gasteiger partial charge >= 0.3 is 39.5 Å². The molecular weight excluding hydrogens is 1330 g/mol. The molecule has 0 aromatic carbocycles. The number of carbonyl (C=O) groups excluding carboxylic acids is 4. The highest BCUT2D eigenvalue weighted by Gasteiger charge is 2.30. The van der Waals surface area contributed by atoms with Crippen LogP contribution in [0.25, 0.3) is 0 Å². The number of carbonyl (C=O) groups is 4. The van der Waals surface area contributed by atoms with E-state index in [4.69, 9.17) is 37.0 Å². The minimum absolute atomic E-state index is 0.0908. The van der Waals surface area contributed by atoms with E-state index in [1.165, 1.54) is 103 Å². The lowest BCUT2D eigenvalue weighted by molar-refractivity contribution is -0.161. The van der Waals surface area contributed by atoms with Gasteiger partial charge in [-0.3, -0.25) is 37.3 Å². The zero-order chi connectivity index (χ0) is 74.6. The summed E-state index contributed by atoms with van der Waals surface area (Å²) in [6.07, 6.45) is 79.5. The number of phosphoric ester groups is 2. The van der Waals surface area contributed by atoms with Crippen LogP contribution in [-0.4, -0.2) is 96.7 Å². The molecule has 0 saturated heterocycles. The van der Waals surface area contributed by atoms with Gasteiger partial charge in [-0.1, -0.05) is 318 Å². The third-order valence-electron chi connectivity index (χ3n) is 17.1. The average molecular weight is 1480 g/mol. The number of hydrogen-bond donors (Lipinski definition) is 3. The summed E-state index contributed by atoms with van der Waals surface area (Å²) in [5.41, 5.74) is 0. The maximum atomic E-state index is 13.1. The molecule has 3 N–H and O–H groups in total. The fourth-order valence-corrected chi connectivity index (χ4v) is 12.5. The van der Waals surface area contributed by atoms with Crippen molar-refractivity contribution < 1.29 is 80.2 Å². The summed E-state index contributed by atoms with van der Waals surface area (Å²) in [6, 6.07) is 0. The Kier molecular flexibility index (Phi) is 72.3. The minimum Gasteiger partial charge on any atom is -0.462 e. The quantitative estimate of drug-likeness (QED) is 0.0169. The van der Waals surface area contributed by atoms with Gasteiger partial charge in [-0.15, -0.1) is 0 Å². The number of allylic oxidation sites excluding steroid dienone is 16. The SMILES string of the molecule is CC/C=C\C/C=C\C/C=C\C/C=C\C/C=C\CCCCCC(=O)OCC(COP(=O)(O)OCC(O)COP(=O)(O)OCC(COC(=O)CCCCCCCCC/C=C\C/C=C\C/C=C\CC)OC(=O)CCCCCCCCCCCCCCC)OC(=O)CCCCCCCCCCCCCCC. The Morgan fingerprint density at radius 3 is 0.794 bits per heavy atom. The zero-order valence-corrected chi connectivity index (χ0v) is 66.3. The van der Waals surface area contributed by atoms with Crippen molar-refractivity contribution in [3.8, 4) is 0 Å². The Bertz CT molecular complexity index is 2310. The van der Waals surface area contributed by atoms with E-state index < -0.39 is 97.5 Å². The molecule has 19 heteroatoms. The van der Waals surface area contributed by atoms with Crippen molar-refractivity contribution >= 4 is 39.5 Å². The van der Waals surface area contributed by atoms with Gasteiger partial charge in [-0.2, -0.15) is 0 Å². The summed E-state index contributed by atoms with van der Waals surface area (Å²) in [7, 11) is -9.96. The Labute approximate surface area is 620 Å². The number of unbranched alkanes of at least 4 members (excludes halogenated alkanes) is 34. The Morgan fingerprint density at radius 1 is 0.284 bits per heavy atom. The van der Waals surface area contributed by atoms with Crippen LogP contribution in [0.5, 0.6) is 0 Å². The van der Waals surface area contributed by atoms with E-state index in [1.54, 1.807) is 0 Å². The fourth-order valence-electron chi connectivity index (χ4n) is 11.0. The molecule has 0 radical (unpaired) electrons. The van der Waals surface area contributed by atoms with E-state index >= 15 is 0 Å². The highest BCUT2D eigenvalue weighted by molar-refractivity contribution is 7.47. The van der Waals surface area contributed by atoms with Crippen LogP contribution in [0.3, 0.4) is 0 Å². The zero-order valence-electron chi connectivity index (χ0n) is 64.5. The van der Waals surface area contributed by atoms with E-state index in [-0.39, 0.29) is 25.7 Å². The molecule has 0 aromatic rings. The first-order chi connectivity index (χ1) is 49.7. The first kappa shape index (κ1) is 98.0. The van der Waals surface area contributed by atoms with Crippen LogP contribution in [-0.2, 0) is 65.4 Å². The molecule has 0 aliphatic carbocycles. The maximum absolute atomic E-state index is 13.1. The second-order valence-corrected chi connectivity index (χ2v) is 29.9. The van der Waals surface area contributed by atoms with Gasteiger partial charge in [0.05, 0.1) is 26.4 Å². The lowest BCUT2D eigenvalue weighted by Crippen LogP contribution is -2.30. The lowest BCUT2D eigenvalue weighted by atomic mass is 10.0. The van der Waals surface area contributed by atoms with Crippen LogP contribution in [0.15, 0.2) is 97.2 Å². The van der Waals surface area contributed by atoms with Crippen LogP contribution in [0, 0.1) is 0 Å². The van der Waals surface area contributed by atoms with Crippen molar-refractivity contribution in [2.45, 2.75) is 367 Å². The van der Waals surface area contributed by atoms with Crippen molar-refractivity contribution in [2.75, 3.05) is 39.6 Å². The molecule has 0 rings (SSSR count). The largest absolute Gasteiger partial charge is 0.472 e. The van der Waals surface area contributed by atoms with Crippen LogP contribution < -0.4 is 0 Å². The number of aliphatic hydroxyl groups is 1. The average Bonchev–Trinajstić information content (AvgIpc) is 0.909. The molecule has 0 aromatic heterocycles. The van der Waals surface area contributed by atoms with Gasteiger partial charge in [0.25, 0.3) is 0 Å². The van der Waals surface area contributed by atoms with Crippen LogP contribution in [0.1, 0.15) is 349 Å². The van der Waals surface area contributed by atoms with E-state index in [9.17, 15) is 43.2 Å². The summed E-state index contributed by atoms with van der Waals surface area (Å²) >= 11 is 0. The fraction of sp³-hybridized carbons (Fsp3) is 0.759. The third kappa shape index (κ3) is 74.3. The van der Waals surface area contributed by atoms with Crippen molar-refractivity contribution in [2.24, 2.45) is 0 Å². The predicted molar refractivity (Wildman–Crippen MR) is 418 cm³/mol. The predicted octanol–water partition coefficient (Wildman–Crippen LogP) is 23.6. The van der Waals surface area contributed by atoms with Gasteiger partial charge in [-0.05, 0) is 103 Å². The van der Waals surface area contributed by atoms with Crippen molar-refractivity contribution in [1.29, 1.82) is 0 Å². The maximum Gasteiger partial charge on any atom is 0.472 e. The van der Waals surface area contributed by atoms with Gasteiger partial charge in [0.2, 0.25) is 0 Å². The smallest absolute Gasteiger partial charge is 0.462 e. The summed E-state index contributed by atoms with van der Waals surface area (Å²) in [5, 5.41) is 10.6. The first-order valence-electron chi connectivity index (χ1n) is 40.5. The van der Waals surface area contributed by atoms with E-state index in [0.29, 0.717) is 25.7 Å². The molecule has 0 aliphatic heterocycles. The van der Waals surface area contributed by atoms with Gasteiger partial charge in [-0.25, -0.2) is 9.13 Å². The van der Waals surface area contributed by atoms with Gasteiger partial charge in [0.15, 0.2) is 12.2 Å². The van der Waals surface area contributed by atoms with Crippen molar-refractivity contribution in [3.63, 3.8) is 0 Å². The molecule has 0 saturated carbocycles. The summed E-state index contributed by atoms with van der Waals surface area (Å²) in [6.45, 7) is 4.66. The van der Waals surface area contributed by atoms with Gasteiger partial charge in [0, 0.05) is 25.7 Å². The van der Waals surface area contributed by atoms with Crippen LogP contribution in [0.2, 0.25) is 0 Å². The molecule has 0 aliphatic rings.